The normalized spacial score (nSPS) is 21.0. The first-order chi connectivity index (χ1) is 20.6. The smallest absolute Gasteiger partial charge is 0.229 e. The van der Waals surface area contributed by atoms with E-state index in [1.165, 1.54) is 12.1 Å². The number of halogens is 2. The van der Waals surface area contributed by atoms with Crippen molar-refractivity contribution in [2.75, 3.05) is 69.0 Å². The van der Waals surface area contributed by atoms with E-state index in [0.29, 0.717) is 57.6 Å². The zero-order chi connectivity index (χ0) is 30.3. The van der Waals surface area contributed by atoms with Crippen molar-refractivity contribution in [2.24, 2.45) is 0 Å². The van der Waals surface area contributed by atoms with Gasteiger partial charge in [-0.15, -0.1) is 0 Å². The summed E-state index contributed by atoms with van der Waals surface area (Å²) in [6.45, 7) is 9.37. The number of aliphatic hydroxyl groups is 1. The highest BCUT2D eigenvalue weighted by atomic mass is 79.9. The Hall–Kier alpha value is -3.19. The average Bonchev–Trinajstić information content (AvgIpc) is 2.99. The maximum Gasteiger partial charge on any atom is 0.229 e. The van der Waals surface area contributed by atoms with E-state index in [4.69, 9.17) is 9.47 Å². The number of methoxy groups -OCH3 is 1. The van der Waals surface area contributed by atoms with E-state index in [-0.39, 0.29) is 0 Å². The molecule has 3 aliphatic heterocycles. The molecule has 0 aliphatic carbocycles. The van der Waals surface area contributed by atoms with Crippen molar-refractivity contribution in [1.82, 2.24) is 19.8 Å². The number of fused-ring (bicyclic) bond motifs is 3. The van der Waals surface area contributed by atoms with Crippen molar-refractivity contribution in [3.8, 4) is 11.5 Å². The molecule has 2 fully saturated rings. The van der Waals surface area contributed by atoms with Crippen LogP contribution in [-0.2, 0) is 5.60 Å². The standard InChI is InChI=1S/C31H39BrFN7O3/c1-31(2,41)22-13-19(33)5-6-24(22)35-29-23(32)17-34-30(37-29)36-25-15-28-26(16-27(25)42-4)40-8-7-20(14-21(40)18-43-28)39-11-9-38(3)10-12-39/h5-6,13,15-17,20-21,41H,7-12,14,18H2,1-4H3,(H2,34,35,36,37). The first-order valence-electron chi connectivity index (χ1n) is 14.7. The fraction of sp³-hybridized carbons (Fsp3) is 0.484. The molecule has 0 radical (unpaired) electrons. The number of anilines is 5. The van der Waals surface area contributed by atoms with E-state index in [2.05, 4.69) is 58.3 Å². The fourth-order valence-electron chi connectivity index (χ4n) is 6.26. The first kappa shape index (κ1) is 29.9. The van der Waals surface area contributed by atoms with Crippen molar-refractivity contribution in [3.63, 3.8) is 0 Å². The minimum absolute atomic E-state index is 0.331. The Morgan fingerprint density at radius 1 is 1.07 bits per heavy atom. The summed E-state index contributed by atoms with van der Waals surface area (Å²) in [4.78, 5) is 16.6. The Morgan fingerprint density at radius 3 is 2.60 bits per heavy atom. The minimum Gasteiger partial charge on any atom is -0.494 e. The quantitative estimate of drug-likeness (QED) is 0.320. The van der Waals surface area contributed by atoms with Gasteiger partial charge in [0, 0.05) is 68.3 Å². The molecule has 0 spiro atoms. The predicted molar refractivity (Wildman–Crippen MR) is 170 cm³/mol. The molecule has 10 nitrogen and oxygen atoms in total. The van der Waals surface area contributed by atoms with Crippen LogP contribution in [0.15, 0.2) is 41.0 Å². The summed E-state index contributed by atoms with van der Waals surface area (Å²) in [5, 5.41) is 17.1. The number of hydrogen-bond donors (Lipinski definition) is 3. The second kappa shape index (κ2) is 12.1. The maximum atomic E-state index is 14.0. The topological polar surface area (TPSA) is 98.2 Å². The highest BCUT2D eigenvalue weighted by Gasteiger charge is 2.37. The molecule has 2 aromatic carbocycles. The van der Waals surface area contributed by atoms with E-state index >= 15 is 0 Å². The van der Waals surface area contributed by atoms with Crippen molar-refractivity contribution in [1.29, 1.82) is 0 Å². The average molecular weight is 657 g/mol. The third kappa shape index (κ3) is 6.38. The van der Waals surface area contributed by atoms with Crippen molar-refractivity contribution < 1.29 is 19.0 Å². The van der Waals surface area contributed by atoms with Crippen LogP contribution in [0.1, 0.15) is 32.3 Å². The Bertz CT molecular complexity index is 1480. The van der Waals surface area contributed by atoms with Crippen LogP contribution >= 0.6 is 15.9 Å². The van der Waals surface area contributed by atoms with Gasteiger partial charge in [-0.1, -0.05) is 0 Å². The summed E-state index contributed by atoms with van der Waals surface area (Å²) >= 11 is 3.50. The molecule has 3 aromatic rings. The van der Waals surface area contributed by atoms with Gasteiger partial charge in [-0.05, 0) is 67.9 Å². The molecule has 0 amide bonds. The van der Waals surface area contributed by atoms with Crippen LogP contribution in [0.25, 0.3) is 0 Å². The molecule has 12 heteroatoms. The van der Waals surface area contributed by atoms with E-state index < -0.39 is 11.4 Å². The molecular weight excluding hydrogens is 617 g/mol. The van der Waals surface area contributed by atoms with Gasteiger partial charge < -0.3 is 35.0 Å². The van der Waals surface area contributed by atoms with Crippen molar-refractivity contribution in [3.05, 3.63) is 52.4 Å². The number of benzene rings is 2. The van der Waals surface area contributed by atoms with Gasteiger partial charge in [0.15, 0.2) is 0 Å². The molecule has 4 heterocycles. The Kier molecular flexibility index (Phi) is 8.38. The molecule has 6 rings (SSSR count). The number of nitrogens with zero attached hydrogens (tertiary/aromatic N) is 5. The second-order valence-electron chi connectivity index (χ2n) is 12.1. The number of piperidine rings is 1. The zero-order valence-electron chi connectivity index (χ0n) is 25.0. The molecule has 2 saturated heterocycles. The molecule has 43 heavy (non-hydrogen) atoms. The zero-order valence-corrected chi connectivity index (χ0v) is 26.6. The molecule has 0 saturated carbocycles. The lowest BCUT2D eigenvalue weighted by molar-refractivity contribution is 0.0790. The SMILES string of the molecule is COc1cc2c(cc1Nc1ncc(Br)c(Nc3ccc(F)cc3C(C)(C)O)n1)OCC1CC(N3CCN(C)CC3)CCN21. The van der Waals surface area contributed by atoms with Gasteiger partial charge in [-0.2, -0.15) is 4.98 Å². The van der Waals surface area contributed by atoms with Gasteiger partial charge in [0.1, 0.15) is 29.7 Å². The largest absolute Gasteiger partial charge is 0.494 e. The van der Waals surface area contributed by atoms with E-state index in [0.717, 1.165) is 57.0 Å². The number of rotatable bonds is 7. The molecule has 3 aliphatic rings. The Balaban J connectivity index is 1.20. The second-order valence-corrected chi connectivity index (χ2v) is 12.9. The van der Waals surface area contributed by atoms with Crippen molar-refractivity contribution >= 4 is 44.8 Å². The Labute approximate surface area is 260 Å². The summed E-state index contributed by atoms with van der Waals surface area (Å²) in [5.74, 6) is 1.81. The molecular formula is C31H39BrFN7O3. The summed E-state index contributed by atoms with van der Waals surface area (Å²) < 4.78 is 26.7. The molecule has 1 aromatic heterocycles. The highest BCUT2D eigenvalue weighted by Crippen LogP contribution is 2.44. The van der Waals surface area contributed by atoms with Gasteiger partial charge in [-0.25, -0.2) is 9.37 Å². The van der Waals surface area contributed by atoms with E-state index in [9.17, 15) is 9.50 Å². The number of hydrogen-bond acceptors (Lipinski definition) is 10. The third-order valence-electron chi connectivity index (χ3n) is 8.65. The predicted octanol–water partition coefficient (Wildman–Crippen LogP) is 5.08. The minimum atomic E-state index is -1.26. The maximum absolute atomic E-state index is 14.0. The van der Waals surface area contributed by atoms with Gasteiger partial charge >= 0.3 is 0 Å². The van der Waals surface area contributed by atoms with Gasteiger partial charge in [0.2, 0.25) is 5.95 Å². The van der Waals surface area contributed by atoms with Crippen LogP contribution in [0.5, 0.6) is 11.5 Å². The number of piperazine rings is 1. The van der Waals surface area contributed by atoms with Crippen LogP contribution in [-0.4, -0.2) is 90.4 Å². The summed E-state index contributed by atoms with van der Waals surface area (Å²) in [7, 11) is 3.85. The molecule has 2 unspecified atom stereocenters. The van der Waals surface area contributed by atoms with Crippen LogP contribution < -0.4 is 25.0 Å². The van der Waals surface area contributed by atoms with Gasteiger partial charge in [0.05, 0.1) is 34.6 Å². The lowest BCUT2D eigenvalue weighted by Gasteiger charge is -2.48. The number of likely N-dealkylation sites (N-methyl/N-ethyl adjacent to an activating group) is 1. The summed E-state index contributed by atoms with van der Waals surface area (Å²) in [6.07, 6.45) is 3.85. The molecule has 3 N–H and O–H groups in total. The number of aromatic nitrogens is 2. The van der Waals surface area contributed by atoms with Crippen LogP contribution in [0, 0.1) is 5.82 Å². The van der Waals surface area contributed by atoms with Crippen LogP contribution in [0.2, 0.25) is 0 Å². The summed E-state index contributed by atoms with van der Waals surface area (Å²) in [6, 6.07) is 9.13. The summed E-state index contributed by atoms with van der Waals surface area (Å²) in [5.41, 5.74) is 1.40. The van der Waals surface area contributed by atoms with Crippen LogP contribution in [0.4, 0.5) is 33.2 Å². The molecule has 230 valence electrons. The molecule has 0 bridgehead atoms. The van der Waals surface area contributed by atoms with Gasteiger partial charge in [0.25, 0.3) is 0 Å². The van der Waals surface area contributed by atoms with Crippen molar-refractivity contribution in [2.45, 2.75) is 44.4 Å². The molecule has 2 atom stereocenters. The third-order valence-corrected chi connectivity index (χ3v) is 9.23. The van der Waals surface area contributed by atoms with Crippen LogP contribution in [0.3, 0.4) is 0 Å². The first-order valence-corrected chi connectivity index (χ1v) is 15.5. The van der Waals surface area contributed by atoms with E-state index in [1.807, 2.05) is 12.1 Å². The fourth-order valence-corrected chi connectivity index (χ4v) is 6.55. The lowest BCUT2D eigenvalue weighted by Crippen LogP contribution is -2.57. The monoisotopic (exact) mass is 655 g/mol. The highest BCUT2D eigenvalue weighted by molar-refractivity contribution is 9.10. The van der Waals surface area contributed by atoms with E-state index in [1.54, 1.807) is 33.2 Å². The van der Waals surface area contributed by atoms with Gasteiger partial charge in [-0.3, -0.25) is 4.90 Å². The number of ether oxygens (including phenoxy) is 2. The Morgan fingerprint density at radius 2 is 1.86 bits per heavy atom. The number of nitrogens with one attached hydrogen (secondary N) is 2. The lowest BCUT2D eigenvalue weighted by atomic mass is 9.93.